The molecule has 2 aromatic rings. The Morgan fingerprint density at radius 2 is 2.00 bits per heavy atom. The Balaban J connectivity index is 1.77. The standard InChI is InChI=1S/C18H20BrClN4O2S/c1-2-10-27-18-22-11-14(20)16(24-18)17(26)21-9-3-4-15(25)23-13-7-5-12(19)6-8-13/h5-8,11H,2-4,9-10H2,1H3,(H,21,26)(H,23,25). The number of hydrogen-bond donors (Lipinski definition) is 2. The van der Waals surface area contributed by atoms with Gasteiger partial charge in [0, 0.05) is 28.9 Å². The van der Waals surface area contributed by atoms with Crippen LogP contribution in [0.5, 0.6) is 0 Å². The first-order chi connectivity index (χ1) is 13.0. The second-order valence-corrected chi connectivity index (χ2v) is 8.00. The van der Waals surface area contributed by atoms with E-state index in [1.54, 1.807) is 0 Å². The molecule has 0 aliphatic carbocycles. The molecule has 2 rings (SSSR count). The molecule has 9 heteroatoms. The first-order valence-electron chi connectivity index (χ1n) is 8.48. The molecule has 0 aliphatic rings. The van der Waals surface area contributed by atoms with Gasteiger partial charge in [-0.1, -0.05) is 46.2 Å². The average molecular weight is 472 g/mol. The minimum Gasteiger partial charge on any atom is -0.351 e. The van der Waals surface area contributed by atoms with Gasteiger partial charge in [-0.05, 0) is 37.1 Å². The predicted octanol–water partition coefficient (Wildman–Crippen LogP) is 4.54. The summed E-state index contributed by atoms with van der Waals surface area (Å²) in [6.45, 7) is 2.41. The van der Waals surface area contributed by atoms with Crippen molar-refractivity contribution in [3.63, 3.8) is 0 Å². The van der Waals surface area contributed by atoms with Gasteiger partial charge in [0.1, 0.15) is 0 Å². The highest BCUT2D eigenvalue weighted by Gasteiger charge is 2.14. The van der Waals surface area contributed by atoms with Crippen molar-refractivity contribution in [2.45, 2.75) is 31.3 Å². The van der Waals surface area contributed by atoms with Crippen molar-refractivity contribution in [1.29, 1.82) is 0 Å². The Hall–Kier alpha value is -1.64. The minimum atomic E-state index is -0.367. The lowest BCUT2D eigenvalue weighted by atomic mass is 10.2. The van der Waals surface area contributed by atoms with E-state index in [0.717, 1.165) is 22.3 Å². The largest absolute Gasteiger partial charge is 0.351 e. The van der Waals surface area contributed by atoms with Crippen molar-refractivity contribution in [3.8, 4) is 0 Å². The van der Waals surface area contributed by atoms with Crippen LogP contribution in [0.2, 0.25) is 5.02 Å². The second kappa shape index (κ2) is 11.3. The van der Waals surface area contributed by atoms with Crippen LogP contribution in [0.1, 0.15) is 36.7 Å². The molecular weight excluding hydrogens is 452 g/mol. The Morgan fingerprint density at radius 1 is 1.26 bits per heavy atom. The highest BCUT2D eigenvalue weighted by molar-refractivity contribution is 9.10. The third-order valence-corrected chi connectivity index (χ3v) is 5.24. The van der Waals surface area contributed by atoms with Crippen LogP contribution in [0.25, 0.3) is 0 Å². The molecule has 0 saturated heterocycles. The molecule has 1 heterocycles. The molecule has 2 amide bonds. The van der Waals surface area contributed by atoms with Gasteiger partial charge >= 0.3 is 0 Å². The first kappa shape index (κ1) is 21.7. The van der Waals surface area contributed by atoms with E-state index in [1.165, 1.54) is 18.0 Å². The maximum absolute atomic E-state index is 12.3. The third kappa shape index (κ3) is 7.48. The Kier molecular flexibility index (Phi) is 9.03. The van der Waals surface area contributed by atoms with E-state index < -0.39 is 0 Å². The topological polar surface area (TPSA) is 84.0 Å². The fraction of sp³-hybridized carbons (Fsp3) is 0.333. The number of nitrogens with zero attached hydrogens (tertiary/aromatic N) is 2. The molecule has 0 spiro atoms. The monoisotopic (exact) mass is 470 g/mol. The molecule has 1 aromatic heterocycles. The van der Waals surface area contributed by atoms with Crippen molar-refractivity contribution in [2.75, 3.05) is 17.6 Å². The second-order valence-electron chi connectivity index (χ2n) is 5.61. The molecule has 2 N–H and O–H groups in total. The fourth-order valence-electron chi connectivity index (χ4n) is 2.06. The van der Waals surface area contributed by atoms with E-state index in [1.807, 2.05) is 24.3 Å². The summed E-state index contributed by atoms with van der Waals surface area (Å²) in [5, 5.41) is 6.29. The smallest absolute Gasteiger partial charge is 0.271 e. The highest BCUT2D eigenvalue weighted by Crippen LogP contribution is 2.19. The normalized spacial score (nSPS) is 10.5. The van der Waals surface area contributed by atoms with Gasteiger partial charge in [-0.15, -0.1) is 0 Å². The third-order valence-electron chi connectivity index (χ3n) is 3.37. The lowest BCUT2D eigenvalue weighted by molar-refractivity contribution is -0.116. The van der Waals surface area contributed by atoms with Crippen molar-refractivity contribution in [1.82, 2.24) is 15.3 Å². The maximum atomic E-state index is 12.3. The summed E-state index contributed by atoms with van der Waals surface area (Å²) in [5.74, 6) is 0.398. The molecule has 0 radical (unpaired) electrons. The van der Waals surface area contributed by atoms with Crippen LogP contribution in [0.15, 0.2) is 40.1 Å². The SMILES string of the molecule is CCCSc1ncc(Cl)c(C(=O)NCCCC(=O)Nc2ccc(Br)cc2)n1. The summed E-state index contributed by atoms with van der Waals surface area (Å²) in [5.41, 5.74) is 0.890. The van der Waals surface area contributed by atoms with Gasteiger partial charge in [0.25, 0.3) is 5.91 Å². The Labute approximate surface area is 176 Å². The van der Waals surface area contributed by atoms with E-state index in [0.29, 0.717) is 24.5 Å². The zero-order valence-corrected chi connectivity index (χ0v) is 18.0. The molecule has 0 atom stereocenters. The minimum absolute atomic E-state index is 0.107. The maximum Gasteiger partial charge on any atom is 0.271 e. The summed E-state index contributed by atoms with van der Waals surface area (Å²) < 4.78 is 0.947. The van der Waals surface area contributed by atoms with E-state index >= 15 is 0 Å². The van der Waals surface area contributed by atoms with Crippen molar-refractivity contribution >= 4 is 56.8 Å². The molecule has 0 aliphatic heterocycles. The number of anilines is 1. The van der Waals surface area contributed by atoms with Crippen LogP contribution >= 0.6 is 39.3 Å². The van der Waals surface area contributed by atoms with Crippen LogP contribution in [0, 0.1) is 0 Å². The van der Waals surface area contributed by atoms with Crippen LogP contribution in [-0.4, -0.2) is 34.1 Å². The molecule has 0 bridgehead atoms. The van der Waals surface area contributed by atoms with E-state index in [4.69, 9.17) is 11.6 Å². The lowest BCUT2D eigenvalue weighted by Gasteiger charge is -2.08. The van der Waals surface area contributed by atoms with E-state index in [9.17, 15) is 9.59 Å². The average Bonchev–Trinajstić information content (AvgIpc) is 2.66. The summed E-state index contributed by atoms with van der Waals surface area (Å²) >= 11 is 10.8. The zero-order valence-electron chi connectivity index (χ0n) is 14.8. The highest BCUT2D eigenvalue weighted by atomic mass is 79.9. The number of halogens is 2. The molecule has 1 aromatic carbocycles. The van der Waals surface area contributed by atoms with Crippen molar-refractivity contribution < 1.29 is 9.59 Å². The Bertz CT molecular complexity index is 789. The molecule has 144 valence electrons. The van der Waals surface area contributed by atoms with Crippen molar-refractivity contribution in [2.24, 2.45) is 0 Å². The molecule has 0 fully saturated rings. The van der Waals surface area contributed by atoms with E-state index in [2.05, 4.69) is 43.5 Å². The molecule has 27 heavy (non-hydrogen) atoms. The van der Waals surface area contributed by atoms with Gasteiger partial charge in [0.05, 0.1) is 11.2 Å². The molecule has 0 saturated carbocycles. The Morgan fingerprint density at radius 3 is 2.70 bits per heavy atom. The predicted molar refractivity (Wildman–Crippen MR) is 112 cm³/mol. The van der Waals surface area contributed by atoms with Gasteiger partial charge < -0.3 is 10.6 Å². The van der Waals surface area contributed by atoms with Crippen molar-refractivity contribution in [3.05, 3.63) is 45.7 Å². The van der Waals surface area contributed by atoms with Crippen LogP contribution in [0.3, 0.4) is 0 Å². The van der Waals surface area contributed by atoms with Gasteiger partial charge in [0.2, 0.25) is 5.91 Å². The quantitative estimate of drug-likeness (QED) is 0.318. The number of aromatic nitrogens is 2. The van der Waals surface area contributed by atoms with Crippen LogP contribution in [-0.2, 0) is 4.79 Å². The van der Waals surface area contributed by atoms with Crippen LogP contribution in [0.4, 0.5) is 5.69 Å². The molecular formula is C18H20BrClN4O2S. The summed E-state index contributed by atoms with van der Waals surface area (Å²) in [4.78, 5) is 32.5. The van der Waals surface area contributed by atoms with Gasteiger partial charge in [-0.2, -0.15) is 0 Å². The molecule has 0 unspecified atom stereocenters. The summed E-state index contributed by atoms with van der Waals surface area (Å²) in [7, 11) is 0. The fourth-order valence-corrected chi connectivity index (χ4v) is 3.18. The zero-order chi connectivity index (χ0) is 19.6. The van der Waals surface area contributed by atoms with Gasteiger partial charge in [0.15, 0.2) is 10.9 Å². The number of carbonyl (C=O) groups is 2. The number of hydrogen-bond acceptors (Lipinski definition) is 5. The summed E-state index contributed by atoms with van der Waals surface area (Å²) in [6, 6.07) is 7.34. The van der Waals surface area contributed by atoms with E-state index in [-0.39, 0.29) is 22.5 Å². The van der Waals surface area contributed by atoms with Crippen LogP contribution < -0.4 is 10.6 Å². The first-order valence-corrected chi connectivity index (χ1v) is 10.6. The number of rotatable bonds is 9. The molecule has 6 nitrogen and oxygen atoms in total. The number of benzene rings is 1. The lowest BCUT2D eigenvalue weighted by Crippen LogP contribution is -2.27. The number of thioether (sulfide) groups is 1. The van der Waals surface area contributed by atoms with Gasteiger partial charge in [-0.3, -0.25) is 9.59 Å². The number of carbonyl (C=O) groups excluding carboxylic acids is 2. The number of amides is 2. The van der Waals surface area contributed by atoms with Gasteiger partial charge in [-0.25, -0.2) is 9.97 Å². The number of nitrogens with one attached hydrogen (secondary N) is 2. The summed E-state index contributed by atoms with van der Waals surface area (Å²) in [6.07, 6.45) is 3.23.